The summed E-state index contributed by atoms with van der Waals surface area (Å²) in [6.07, 6.45) is -4.81. The van der Waals surface area contributed by atoms with Crippen molar-refractivity contribution in [3.63, 3.8) is 0 Å². The van der Waals surface area contributed by atoms with Crippen molar-refractivity contribution in [3.05, 3.63) is 59.8 Å². The number of carbonyl (C=O) groups excluding carboxylic acids is 2. The summed E-state index contributed by atoms with van der Waals surface area (Å²) in [6.45, 7) is 3.99. The van der Waals surface area contributed by atoms with Gasteiger partial charge in [-0.25, -0.2) is 0 Å². The molecule has 0 aromatic heterocycles. The molecule has 0 spiro atoms. The molecule has 2 amide bonds. The van der Waals surface area contributed by atoms with E-state index in [1.807, 2.05) is 13.8 Å². The lowest BCUT2D eigenvalue weighted by Gasteiger charge is -2.17. The maximum Gasteiger partial charge on any atom is 0.573 e. The Morgan fingerprint density at radius 1 is 1.00 bits per heavy atom. The van der Waals surface area contributed by atoms with Crippen LogP contribution in [0.3, 0.4) is 0 Å². The maximum absolute atomic E-state index is 13.1. The van der Waals surface area contributed by atoms with Crippen LogP contribution in [0, 0.1) is 5.92 Å². The number of imide groups is 1. The van der Waals surface area contributed by atoms with Crippen LogP contribution in [-0.4, -0.2) is 36.7 Å². The van der Waals surface area contributed by atoms with E-state index in [1.54, 1.807) is 24.3 Å². The molecule has 9 heteroatoms. The standard InChI is InChI=1S/C22H21F3N2O4/c1-13(2)12-27-20(28)18(16-6-4-5-7-17(16)30-3)19(21(27)29)26-14-8-10-15(11-9-14)31-22(23,24)25/h4-11,13,26H,12H2,1-3H3. The van der Waals surface area contributed by atoms with Gasteiger partial charge in [0.25, 0.3) is 11.8 Å². The third-order valence-electron chi connectivity index (χ3n) is 4.45. The number of hydrogen-bond acceptors (Lipinski definition) is 5. The van der Waals surface area contributed by atoms with Gasteiger partial charge in [0.2, 0.25) is 0 Å². The van der Waals surface area contributed by atoms with E-state index in [-0.39, 0.29) is 23.7 Å². The molecule has 2 aromatic rings. The van der Waals surface area contributed by atoms with Crippen LogP contribution < -0.4 is 14.8 Å². The highest BCUT2D eigenvalue weighted by atomic mass is 19.4. The van der Waals surface area contributed by atoms with Crippen molar-refractivity contribution in [3.8, 4) is 11.5 Å². The van der Waals surface area contributed by atoms with Crippen LogP contribution >= 0.6 is 0 Å². The zero-order valence-corrected chi connectivity index (χ0v) is 17.1. The van der Waals surface area contributed by atoms with Crippen molar-refractivity contribution in [1.29, 1.82) is 0 Å². The third kappa shape index (κ3) is 4.99. The van der Waals surface area contributed by atoms with Crippen molar-refractivity contribution in [2.45, 2.75) is 20.2 Å². The second-order valence-electron chi connectivity index (χ2n) is 7.26. The van der Waals surface area contributed by atoms with Crippen LogP contribution in [0.4, 0.5) is 18.9 Å². The largest absolute Gasteiger partial charge is 0.573 e. The normalized spacial score (nSPS) is 14.5. The average Bonchev–Trinajstić information content (AvgIpc) is 2.92. The number of anilines is 1. The molecular formula is C22H21F3N2O4. The van der Waals surface area contributed by atoms with Gasteiger partial charge in [-0.1, -0.05) is 32.0 Å². The van der Waals surface area contributed by atoms with E-state index in [0.717, 1.165) is 17.0 Å². The van der Waals surface area contributed by atoms with Gasteiger partial charge in [0.15, 0.2) is 0 Å². The molecule has 0 fully saturated rings. The molecule has 0 radical (unpaired) electrons. The minimum atomic E-state index is -4.81. The van der Waals surface area contributed by atoms with E-state index in [4.69, 9.17) is 4.74 Å². The minimum absolute atomic E-state index is 0.0274. The molecule has 3 rings (SSSR count). The molecule has 0 aliphatic carbocycles. The molecule has 0 saturated carbocycles. The molecule has 1 aliphatic rings. The number of benzene rings is 2. The fourth-order valence-corrected chi connectivity index (χ4v) is 3.21. The summed E-state index contributed by atoms with van der Waals surface area (Å²) >= 11 is 0. The molecule has 1 aliphatic heterocycles. The number of ether oxygens (including phenoxy) is 2. The summed E-state index contributed by atoms with van der Waals surface area (Å²) in [5.41, 5.74) is 0.928. The van der Waals surface area contributed by atoms with E-state index >= 15 is 0 Å². The number of para-hydroxylation sites is 1. The molecule has 2 aromatic carbocycles. The number of halogens is 3. The Kier molecular flexibility index (Phi) is 6.24. The highest BCUT2D eigenvalue weighted by Crippen LogP contribution is 2.35. The molecule has 0 saturated heterocycles. The summed E-state index contributed by atoms with van der Waals surface area (Å²) < 4.78 is 46.3. The topological polar surface area (TPSA) is 67.9 Å². The van der Waals surface area contributed by atoms with E-state index in [2.05, 4.69) is 10.1 Å². The Bertz CT molecular complexity index is 1010. The van der Waals surface area contributed by atoms with Gasteiger partial charge in [0, 0.05) is 17.8 Å². The quantitative estimate of drug-likeness (QED) is 0.653. The first kappa shape index (κ1) is 22.2. The lowest BCUT2D eigenvalue weighted by molar-refractivity contribution is -0.274. The molecule has 1 N–H and O–H groups in total. The van der Waals surface area contributed by atoms with Crippen molar-refractivity contribution in [2.24, 2.45) is 5.92 Å². The van der Waals surface area contributed by atoms with Gasteiger partial charge in [0.05, 0.1) is 12.7 Å². The molecule has 0 atom stereocenters. The second-order valence-corrected chi connectivity index (χ2v) is 7.26. The summed E-state index contributed by atoms with van der Waals surface area (Å²) in [5, 5.41) is 2.89. The number of nitrogens with zero attached hydrogens (tertiary/aromatic N) is 1. The number of alkyl halides is 3. The van der Waals surface area contributed by atoms with Gasteiger partial charge in [0.1, 0.15) is 17.2 Å². The molecule has 6 nitrogen and oxygen atoms in total. The molecule has 0 bridgehead atoms. The Morgan fingerprint density at radius 3 is 2.23 bits per heavy atom. The van der Waals surface area contributed by atoms with Crippen LogP contribution in [0.5, 0.6) is 11.5 Å². The molecule has 1 heterocycles. The smallest absolute Gasteiger partial charge is 0.496 e. The first-order valence-electron chi connectivity index (χ1n) is 9.47. The lowest BCUT2D eigenvalue weighted by Crippen LogP contribution is -2.35. The monoisotopic (exact) mass is 434 g/mol. The molecule has 0 unspecified atom stereocenters. The van der Waals surface area contributed by atoms with Crippen LogP contribution in [0.2, 0.25) is 0 Å². The molecule has 31 heavy (non-hydrogen) atoms. The van der Waals surface area contributed by atoms with Crippen molar-refractivity contribution >= 4 is 23.1 Å². The first-order chi connectivity index (χ1) is 14.6. The van der Waals surface area contributed by atoms with Crippen molar-refractivity contribution < 1.29 is 32.2 Å². The average molecular weight is 434 g/mol. The highest BCUT2D eigenvalue weighted by molar-refractivity contribution is 6.37. The van der Waals surface area contributed by atoms with E-state index in [0.29, 0.717) is 17.0 Å². The summed E-state index contributed by atoms with van der Waals surface area (Å²) in [6, 6.07) is 11.7. The van der Waals surface area contributed by atoms with Crippen LogP contribution in [0.15, 0.2) is 54.2 Å². The predicted octanol–water partition coefficient (Wildman–Crippen LogP) is 4.44. The van der Waals surface area contributed by atoms with Crippen LogP contribution in [0.25, 0.3) is 5.57 Å². The summed E-state index contributed by atoms with van der Waals surface area (Å²) in [4.78, 5) is 27.4. The summed E-state index contributed by atoms with van der Waals surface area (Å²) in [7, 11) is 1.46. The van der Waals surface area contributed by atoms with Crippen LogP contribution in [0.1, 0.15) is 19.4 Å². The number of carbonyl (C=O) groups is 2. The zero-order valence-electron chi connectivity index (χ0n) is 17.1. The highest BCUT2D eigenvalue weighted by Gasteiger charge is 2.40. The number of amides is 2. The number of methoxy groups -OCH3 is 1. The van der Waals surface area contributed by atoms with Gasteiger partial charge >= 0.3 is 6.36 Å². The predicted molar refractivity (Wildman–Crippen MR) is 108 cm³/mol. The summed E-state index contributed by atoms with van der Waals surface area (Å²) in [5.74, 6) is -0.923. The van der Waals surface area contributed by atoms with Gasteiger partial charge in [-0.2, -0.15) is 0 Å². The fourth-order valence-electron chi connectivity index (χ4n) is 3.21. The minimum Gasteiger partial charge on any atom is -0.496 e. The van der Waals surface area contributed by atoms with Crippen molar-refractivity contribution in [2.75, 3.05) is 19.0 Å². The third-order valence-corrected chi connectivity index (χ3v) is 4.45. The Hall–Kier alpha value is -3.49. The Labute approximate surface area is 177 Å². The molecular weight excluding hydrogens is 413 g/mol. The number of hydrogen-bond donors (Lipinski definition) is 1. The SMILES string of the molecule is COc1ccccc1C1=C(Nc2ccc(OC(F)(F)F)cc2)C(=O)N(CC(C)C)C1=O. The van der Waals surface area contributed by atoms with E-state index in [1.165, 1.54) is 19.2 Å². The Balaban J connectivity index is 2.01. The fraction of sp³-hybridized carbons (Fsp3) is 0.273. The second kappa shape index (κ2) is 8.71. The lowest BCUT2D eigenvalue weighted by atomic mass is 10.0. The number of rotatable bonds is 7. The zero-order chi connectivity index (χ0) is 22.8. The van der Waals surface area contributed by atoms with Gasteiger partial charge in [-0.05, 0) is 36.2 Å². The van der Waals surface area contributed by atoms with Crippen LogP contribution in [-0.2, 0) is 9.59 Å². The maximum atomic E-state index is 13.1. The van der Waals surface area contributed by atoms with Gasteiger partial charge in [-0.15, -0.1) is 13.2 Å². The van der Waals surface area contributed by atoms with Crippen molar-refractivity contribution in [1.82, 2.24) is 4.90 Å². The first-order valence-corrected chi connectivity index (χ1v) is 9.47. The Morgan fingerprint density at radius 2 is 1.65 bits per heavy atom. The van der Waals surface area contributed by atoms with E-state index in [9.17, 15) is 22.8 Å². The van der Waals surface area contributed by atoms with Gasteiger partial charge in [-0.3, -0.25) is 14.5 Å². The van der Waals surface area contributed by atoms with Gasteiger partial charge < -0.3 is 14.8 Å². The number of nitrogens with one attached hydrogen (secondary N) is 1. The molecule has 164 valence electrons. The van der Waals surface area contributed by atoms with E-state index < -0.39 is 23.9 Å².